The van der Waals surface area contributed by atoms with E-state index < -0.39 is 12.3 Å². The summed E-state index contributed by atoms with van der Waals surface area (Å²) in [4.78, 5) is 0. The first-order chi connectivity index (χ1) is 7.97. The van der Waals surface area contributed by atoms with Crippen molar-refractivity contribution >= 4 is 0 Å². The zero-order chi connectivity index (χ0) is 12.5. The normalized spacial score (nSPS) is 21.5. The summed E-state index contributed by atoms with van der Waals surface area (Å²) in [6.45, 7) is 0.226. The third-order valence-electron chi connectivity index (χ3n) is 2.89. The number of fused-ring (bicyclic) bond motifs is 1. The molecule has 2 rings (SSSR count). The minimum absolute atomic E-state index is 0.226. The molecule has 1 aromatic rings. The van der Waals surface area contributed by atoms with Crippen molar-refractivity contribution in [3.63, 3.8) is 0 Å². The fourth-order valence-electron chi connectivity index (χ4n) is 1.99. The zero-order valence-corrected chi connectivity index (χ0v) is 9.07. The van der Waals surface area contributed by atoms with Gasteiger partial charge in [0.05, 0.1) is 6.61 Å². The molecular formula is C12H13F3O2. The summed E-state index contributed by atoms with van der Waals surface area (Å²) in [5.41, 5.74) is 0.901. The van der Waals surface area contributed by atoms with Crippen molar-refractivity contribution in [2.75, 3.05) is 6.61 Å². The van der Waals surface area contributed by atoms with E-state index in [1.807, 2.05) is 18.2 Å². The second-order valence-electron chi connectivity index (χ2n) is 4.28. The van der Waals surface area contributed by atoms with Crippen LogP contribution in [0.15, 0.2) is 24.3 Å². The molecule has 0 spiro atoms. The molecule has 94 valence electrons. The molecule has 0 bridgehead atoms. The Hall–Kier alpha value is -1.23. The van der Waals surface area contributed by atoms with E-state index in [-0.39, 0.29) is 18.9 Å². The van der Waals surface area contributed by atoms with Gasteiger partial charge in [0.25, 0.3) is 0 Å². The lowest BCUT2D eigenvalue weighted by atomic mass is 9.92. The molecule has 0 aromatic heterocycles. The average Bonchev–Trinajstić information content (AvgIpc) is 2.27. The van der Waals surface area contributed by atoms with Crippen LogP contribution in [0.3, 0.4) is 0 Å². The molecule has 0 radical (unpaired) electrons. The molecule has 0 saturated heterocycles. The summed E-state index contributed by atoms with van der Waals surface area (Å²) >= 11 is 0. The fourth-order valence-corrected chi connectivity index (χ4v) is 1.99. The summed E-state index contributed by atoms with van der Waals surface area (Å²) in [7, 11) is 0. The van der Waals surface area contributed by atoms with E-state index >= 15 is 0 Å². The molecule has 2 nitrogen and oxygen atoms in total. The van der Waals surface area contributed by atoms with Gasteiger partial charge in [0.2, 0.25) is 0 Å². The van der Waals surface area contributed by atoms with E-state index in [2.05, 4.69) is 0 Å². The van der Waals surface area contributed by atoms with Gasteiger partial charge in [-0.15, -0.1) is 0 Å². The van der Waals surface area contributed by atoms with E-state index in [0.717, 1.165) is 11.3 Å². The Morgan fingerprint density at radius 2 is 2.06 bits per heavy atom. The van der Waals surface area contributed by atoms with Gasteiger partial charge in [-0.05, 0) is 30.4 Å². The van der Waals surface area contributed by atoms with Crippen LogP contribution in [-0.2, 0) is 6.42 Å². The number of hydrogen-bond acceptors (Lipinski definition) is 2. The highest BCUT2D eigenvalue weighted by molar-refractivity contribution is 5.35. The SMILES string of the molecule is OC(CC1COc2ccccc2C1)C(F)(F)F. The van der Waals surface area contributed by atoms with E-state index in [0.29, 0.717) is 6.42 Å². The van der Waals surface area contributed by atoms with E-state index in [1.165, 1.54) is 0 Å². The first kappa shape index (κ1) is 12.2. The Balaban J connectivity index is 1.99. The number of alkyl halides is 3. The minimum Gasteiger partial charge on any atom is -0.493 e. The van der Waals surface area contributed by atoms with Gasteiger partial charge in [0.15, 0.2) is 0 Å². The molecule has 0 aliphatic carbocycles. The lowest BCUT2D eigenvalue weighted by Crippen LogP contribution is -2.34. The maximum absolute atomic E-state index is 12.2. The number of rotatable bonds is 2. The van der Waals surface area contributed by atoms with Crippen LogP contribution < -0.4 is 4.74 Å². The lowest BCUT2D eigenvalue weighted by Gasteiger charge is -2.27. The molecule has 1 aliphatic rings. The Morgan fingerprint density at radius 1 is 1.35 bits per heavy atom. The van der Waals surface area contributed by atoms with Gasteiger partial charge in [0, 0.05) is 0 Å². The molecular weight excluding hydrogens is 233 g/mol. The van der Waals surface area contributed by atoms with Crippen molar-refractivity contribution in [1.82, 2.24) is 0 Å². The maximum atomic E-state index is 12.2. The highest BCUT2D eigenvalue weighted by atomic mass is 19.4. The van der Waals surface area contributed by atoms with Crippen molar-refractivity contribution in [2.45, 2.75) is 25.1 Å². The molecule has 2 unspecified atom stereocenters. The zero-order valence-electron chi connectivity index (χ0n) is 9.07. The molecule has 1 heterocycles. The van der Waals surface area contributed by atoms with Crippen LogP contribution >= 0.6 is 0 Å². The van der Waals surface area contributed by atoms with Crippen molar-refractivity contribution in [1.29, 1.82) is 0 Å². The molecule has 1 aromatic carbocycles. The minimum atomic E-state index is -4.54. The van der Waals surface area contributed by atoms with E-state index in [4.69, 9.17) is 9.84 Å². The predicted molar refractivity (Wildman–Crippen MR) is 55.8 cm³/mol. The monoisotopic (exact) mass is 246 g/mol. The number of aliphatic hydroxyl groups excluding tert-OH is 1. The fraction of sp³-hybridized carbons (Fsp3) is 0.500. The van der Waals surface area contributed by atoms with Gasteiger partial charge in [-0.2, -0.15) is 13.2 Å². The molecule has 5 heteroatoms. The Morgan fingerprint density at radius 3 is 2.76 bits per heavy atom. The summed E-state index contributed by atoms with van der Waals surface area (Å²) in [6, 6.07) is 7.28. The van der Waals surface area contributed by atoms with Crippen LogP contribution in [0.4, 0.5) is 13.2 Å². The van der Waals surface area contributed by atoms with Gasteiger partial charge in [-0.3, -0.25) is 0 Å². The molecule has 0 saturated carbocycles. The molecule has 2 atom stereocenters. The summed E-state index contributed by atoms with van der Waals surface area (Å²) in [5, 5.41) is 9.01. The first-order valence-electron chi connectivity index (χ1n) is 5.42. The quantitative estimate of drug-likeness (QED) is 0.869. The van der Waals surface area contributed by atoms with Crippen LogP contribution in [-0.4, -0.2) is 24.0 Å². The molecule has 0 fully saturated rings. The third kappa shape index (κ3) is 2.91. The smallest absolute Gasteiger partial charge is 0.414 e. The first-order valence-corrected chi connectivity index (χ1v) is 5.42. The number of halogens is 3. The van der Waals surface area contributed by atoms with Crippen molar-refractivity contribution in [3.8, 4) is 5.75 Å². The molecule has 1 aliphatic heterocycles. The van der Waals surface area contributed by atoms with Gasteiger partial charge >= 0.3 is 6.18 Å². The molecule has 1 N–H and O–H groups in total. The molecule has 17 heavy (non-hydrogen) atoms. The van der Waals surface area contributed by atoms with E-state index in [9.17, 15) is 13.2 Å². The highest BCUT2D eigenvalue weighted by Crippen LogP contribution is 2.32. The number of para-hydroxylation sites is 1. The van der Waals surface area contributed by atoms with Gasteiger partial charge in [0.1, 0.15) is 11.9 Å². The predicted octanol–water partition coefficient (Wildman–Crippen LogP) is 2.55. The third-order valence-corrected chi connectivity index (χ3v) is 2.89. The Labute approximate surface area is 97.0 Å². The molecule has 0 amide bonds. The summed E-state index contributed by atoms with van der Waals surface area (Å²) in [6.07, 6.45) is -6.60. The van der Waals surface area contributed by atoms with Gasteiger partial charge < -0.3 is 9.84 Å². The summed E-state index contributed by atoms with van der Waals surface area (Å²) < 4.78 is 42.0. The van der Waals surface area contributed by atoms with Crippen LogP contribution in [0.25, 0.3) is 0 Å². The van der Waals surface area contributed by atoms with Crippen LogP contribution in [0, 0.1) is 5.92 Å². The topological polar surface area (TPSA) is 29.5 Å². The Kier molecular flexibility index (Phi) is 3.28. The lowest BCUT2D eigenvalue weighted by molar-refractivity contribution is -0.209. The largest absolute Gasteiger partial charge is 0.493 e. The van der Waals surface area contributed by atoms with Gasteiger partial charge in [-0.25, -0.2) is 0 Å². The summed E-state index contributed by atoms with van der Waals surface area (Å²) in [5.74, 6) is 0.437. The number of benzene rings is 1. The number of aliphatic hydroxyl groups is 1. The average molecular weight is 246 g/mol. The number of ether oxygens (including phenoxy) is 1. The van der Waals surface area contributed by atoms with E-state index in [1.54, 1.807) is 6.07 Å². The van der Waals surface area contributed by atoms with Crippen molar-refractivity contribution < 1.29 is 23.0 Å². The number of hydrogen-bond donors (Lipinski definition) is 1. The Bertz CT molecular complexity index is 390. The highest BCUT2D eigenvalue weighted by Gasteiger charge is 2.40. The van der Waals surface area contributed by atoms with Crippen molar-refractivity contribution in [2.24, 2.45) is 5.92 Å². The maximum Gasteiger partial charge on any atom is 0.414 e. The second kappa shape index (κ2) is 4.56. The second-order valence-corrected chi connectivity index (χ2v) is 4.28. The van der Waals surface area contributed by atoms with Crippen LogP contribution in [0.1, 0.15) is 12.0 Å². The standard InChI is InChI=1S/C12H13F3O2/c13-12(14,15)11(16)6-8-5-9-3-1-2-4-10(9)17-7-8/h1-4,8,11,16H,5-7H2. The van der Waals surface area contributed by atoms with Crippen molar-refractivity contribution in [3.05, 3.63) is 29.8 Å². The van der Waals surface area contributed by atoms with Crippen LogP contribution in [0.2, 0.25) is 0 Å². The van der Waals surface area contributed by atoms with Crippen LogP contribution in [0.5, 0.6) is 5.75 Å². The van der Waals surface area contributed by atoms with Gasteiger partial charge in [-0.1, -0.05) is 18.2 Å².